The number of rotatable bonds is 3. The van der Waals surface area contributed by atoms with Crippen molar-refractivity contribution in [3.8, 4) is 0 Å². The maximum atomic E-state index is 12.9. The number of nitrogens with zero attached hydrogens (tertiary/aromatic N) is 3. The zero-order valence-electron chi connectivity index (χ0n) is 14.3. The third kappa shape index (κ3) is 3.18. The fraction of sp³-hybridized carbons (Fsp3) is 0.471. The second-order valence-corrected chi connectivity index (χ2v) is 8.11. The molecule has 7 heteroatoms. The summed E-state index contributed by atoms with van der Waals surface area (Å²) in [5.74, 6) is 0.354. The fourth-order valence-electron chi connectivity index (χ4n) is 3.12. The van der Waals surface area contributed by atoms with Gasteiger partial charge in [0, 0.05) is 31.9 Å². The van der Waals surface area contributed by atoms with Crippen LogP contribution in [0.5, 0.6) is 0 Å². The Labute approximate surface area is 143 Å². The van der Waals surface area contributed by atoms with Gasteiger partial charge in [0.25, 0.3) is 0 Å². The van der Waals surface area contributed by atoms with Crippen LogP contribution in [0.15, 0.2) is 33.7 Å². The van der Waals surface area contributed by atoms with E-state index < -0.39 is 10.0 Å². The van der Waals surface area contributed by atoms with Crippen molar-refractivity contribution in [3.63, 3.8) is 0 Å². The van der Waals surface area contributed by atoms with E-state index in [0.29, 0.717) is 31.1 Å². The minimum absolute atomic E-state index is 0.214. The summed E-state index contributed by atoms with van der Waals surface area (Å²) in [4.78, 5) is 2.45. The first-order valence-corrected chi connectivity index (χ1v) is 9.58. The predicted octanol–water partition coefficient (Wildman–Crippen LogP) is 2.50. The number of hydrogen-bond acceptors (Lipinski definition) is 5. The van der Waals surface area contributed by atoms with Crippen LogP contribution in [0, 0.1) is 20.8 Å². The monoisotopic (exact) mass is 349 g/mol. The van der Waals surface area contributed by atoms with Gasteiger partial charge in [-0.3, -0.25) is 0 Å². The average Bonchev–Trinajstić information content (AvgIpc) is 2.76. The highest BCUT2D eigenvalue weighted by Crippen LogP contribution is 2.25. The van der Waals surface area contributed by atoms with E-state index in [-0.39, 0.29) is 4.90 Å². The molecule has 1 aromatic carbocycles. The van der Waals surface area contributed by atoms with Crippen LogP contribution in [0.1, 0.15) is 23.4 Å². The summed E-state index contributed by atoms with van der Waals surface area (Å²) >= 11 is 0. The van der Waals surface area contributed by atoms with Crippen LogP contribution < -0.4 is 4.90 Å². The lowest BCUT2D eigenvalue weighted by Crippen LogP contribution is -2.35. The highest BCUT2D eigenvalue weighted by molar-refractivity contribution is 7.89. The number of benzene rings is 1. The minimum Gasteiger partial charge on any atom is -0.370 e. The Kier molecular flexibility index (Phi) is 4.64. The lowest BCUT2D eigenvalue weighted by molar-refractivity contribution is 0.389. The molecule has 2 heterocycles. The molecule has 6 nitrogen and oxygen atoms in total. The van der Waals surface area contributed by atoms with Crippen molar-refractivity contribution in [3.05, 3.63) is 41.3 Å². The van der Waals surface area contributed by atoms with Crippen molar-refractivity contribution in [1.29, 1.82) is 0 Å². The fourth-order valence-corrected chi connectivity index (χ4v) is 4.88. The van der Waals surface area contributed by atoms with E-state index in [2.05, 4.69) is 41.2 Å². The standard InChI is InChI=1S/C17H23N3O3S/c1-13-5-7-16(8-6-13)19-9-4-10-20(12-11-19)24(21,22)17-14(2)18-23-15(17)3/h5-8H,4,9-12H2,1-3H3. The van der Waals surface area contributed by atoms with Gasteiger partial charge in [-0.1, -0.05) is 22.9 Å². The molecule has 0 saturated carbocycles. The predicted molar refractivity (Wildman–Crippen MR) is 92.7 cm³/mol. The third-order valence-electron chi connectivity index (χ3n) is 4.42. The van der Waals surface area contributed by atoms with Crippen LogP contribution in [-0.4, -0.2) is 44.1 Å². The van der Waals surface area contributed by atoms with Gasteiger partial charge in [-0.2, -0.15) is 4.31 Å². The smallest absolute Gasteiger partial charge is 0.248 e. The molecule has 0 unspecified atom stereocenters. The van der Waals surface area contributed by atoms with Crippen molar-refractivity contribution in [2.75, 3.05) is 31.1 Å². The molecule has 0 amide bonds. The van der Waals surface area contributed by atoms with Crippen molar-refractivity contribution in [2.45, 2.75) is 32.1 Å². The first-order chi connectivity index (χ1) is 11.4. The van der Waals surface area contributed by atoms with Gasteiger partial charge in [-0.05, 0) is 39.3 Å². The highest BCUT2D eigenvalue weighted by Gasteiger charge is 2.32. The maximum absolute atomic E-state index is 12.9. The SMILES string of the molecule is Cc1ccc(N2CCCN(S(=O)(=O)c3c(C)noc3C)CC2)cc1. The van der Waals surface area contributed by atoms with Crippen molar-refractivity contribution >= 4 is 15.7 Å². The molecule has 0 bridgehead atoms. The molecular formula is C17H23N3O3S. The van der Waals surface area contributed by atoms with Gasteiger partial charge < -0.3 is 9.42 Å². The zero-order valence-corrected chi connectivity index (χ0v) is 15.1. The van der Waals surface area contributed by atoms with Gasteiger partial charge in [0.05, 0.1) is 0 Å². The number of aryl methyl sites for hydroxylation is 3. The topological polar surface area (TPSA) is 66.7 Å². The van der Waals surface area contributed by atoms with Gasteiger partial charge in [0.1, 0.15) is 10.6 Å². The summed E-state index contributed by atoms with van der Waals surface area (Å²) in [6.45, 7) is 7.85. The second kappa shape index (κ2) is 6.57. The van der Waals surface area contributed by atoms with Gasteiger partial charge >= 0.3 is 0 Å². The zero-order chi connectivity index (χ0) is 17.3. The van der Waals surface area contributed by atoms with Crippen LogP contribution in [0.4, 0.5) is 5.69 Å². The first kappa shape index (κ1) is 17.0. The molecule has 1 aliphatic heterocycles. The molecule has 0 radical (unpaired) electrons. The number of anilines is 1. The number of sulfonamides is 1. The number of aromatic nitrogens is 1. The highest BCUT2D eigenvalue weighted by atomic mass is 32.2. The molecule has 0 atom stereocenters. The summed E-state index contributed by atoms with van der Waals surface area (Å²) < 4.78 is 32.5. The molecule has 24 heavy (non-hydrogen) atoms. The molecular weight excluding hydrogens is 326 g/mol. The maximum Gasteiger partial charge on any atom is 0.248 e. The lowest BCUT2D eigenvalue weighted by Gasteiger charge is -2.23. The molecule has 1 saturated heterocycles. The van der Waals surface area contributed by atoms with Gasteiger partial charge in [-0.15, -0.1) is 0 Å². The molecule has 2 aromatic rings. The molecule has 1 fully saturated rings. The molecule has 3 rings (SSSR count). The van der Waals surface area contributed by atoms with Gasteiger partial charge in [0.15, 0.2) is 5.76 Å². The molecule has 130 valence electrons. The van der Waals surface area contributed by atoms with Crippen LogP contribution in [0.3, 0.4) is 0 Å². The largest absolute Gasteiger partial charge is 0.370 e. The van der Waals surface area contributed by atoms with Crippen molar-refractivity contribution in [1.82, 2.24) is 9.46 Å². The van der Waals surface area contributed by atoms with E-state index in [1.165, 1.54) is 5.56 Å². The van der Waals surface area contributed by atoms with E-state index in [9.17, 15) is 8.42 Å². The summed E-state index contributed by atoms with van der Waals surface area (Å²) in [5.41, 5.74) is 2.78. The molecule has 0 aliphatic carbocycles. The Morgan fingerprint density at radius 3 is 2.33 bits per heavy atom. The van der Waals surface area contributed by atoms with Crippen LogP contribution in [0.2, 0.25) is 0 Å². The number of hydrogen-bond donors (Lipinski definition) is 0. The van der Waals surface area contributed by atoms with Crippen LogP contribution in [0.25, 0.3) is 0 Å². The summed E-state index contributed by atoms with van der Waals surface area (Å²) in [6.07, 6.45) is 0.788. The van der Waals surface area contributed by atoms with Crippen LogP contribution >= 0.6 is 0 Å². The summed E-state index contributed by atoms with van der Waals surface area (Å²) in [7, 11) is -3.57. The normalized spacial score (nSPS) is 17.0. The Morgan fingerprint density at radius 1 is 1.00 bits per heavy atom. The Bertz CT molecular complexity index is 793. The van der Waals surface area contributed by atoms with E-state index >= 15 is 0 Å². The lowest BCUT2D eigenvalue weighted by atomic mass is 10.2. The molecule has 1 aromatic heterocycles. The summed E-state index contributed by atoms with van der Waals surface area (Å²) in [5, 5.41) is 3.78. The minimum atomic E-state index is -3.57. The molecule has 0 spiro atoms. The Hall–Kier alpha value is -1.86. The molecule has 1 aliphatic rings. The quantitative estimate of drug-likeness (QED) is 0.852. The van der Waals surface area contributed by atoms with Gasteiger partial charge in [-0.25, -0.2) is 8.42 Å². The average molecular weight is 349 g/mol. The van der Waals surface area contributed by atoms with Crippen molar-refractivity contribution < 1.29 is 12.9 Å². The Morgan fingerprint density at radius 2 is 1.71 bits per heavy atom. The van der Waals surface area contributed by atoms with Gasteiger partial charge in [0.2, 0.25) is 10.0 Å². The van der Waals surface area contributed by atoms with E-state index in [1.807, 2.05) is 0 Å². The van der Waals surface area contributed by atoms with E-state index in [0.717, 1.165) is 18.7 Å². The van der Waals surface area contributed by atoms with E-state index in [1.54, 1.807) is 18.2 Å². The summed E-state index contributed by atoms with van der Waals surface area (Å²) in [6, 6.07) is 8.35. The second-order valence-electron chi connectivity index (χ2n) is 6.23. The first-order valence-electron chi connectivity index (χ1n) is 8.14. The Balaban J connectivity index is 1.79. The van der Waals surface area contributed by atoms with Crippen LogP contribution in [-0.2, 0) is 10.0 Å². The van der Waals surface area contributed by atoms with Crippen molar-refractivity contribution in [2.24, 2.45) is 0 Å². The third-order valence-corrected chi connectivity index (χ3v) is 6.56. The van der Waals surface area contributed by atoms with E-state index in [4.69, 9.17) is 4.52 Å². The molecule has 0 N–H and O–H groups in total.